The van der Waals surface area contributed by atoms with E-state index >= 15 is 0 Å². The van der Waals surface area contributed by atoms with Gasteiger partial charge in [-0.1, -0.05) is 48.5 Å². The lowest BCUT2D eigenvalue weighted by molar-refractivity contribution is -0.132. The minimum Gasteiger partial charge on any atom is -0.361 e. The van der Waals surface area contributed by atoms with Crippen molar-refractivity contribution in [2.24, 2.45) is 0 Å². The molecule has 1 heterocycles. The summed E-state index contributed by atoms with van der Waals surface area (Å²) < 4.78 is 0. The molecule has 0 saturated carbocycles. The van der Waals surface area contributed by atoms with Crippen LogP contribution in [-0.2, 0) is 25.6 Å². The fourth-order valence-electron chi connectivity index (χ4n) is 4.01. The number of aromatic amines is 1. The number of aromatic nitrogens is 1. The van der Waals surface area contributed by atoms with Gasteiger partial charge in [-0.25, -0.2) is 0 Å². The number of nitrogens with one attached hydrogen (secondary N) is 5. The molecule has 0 aliphatic carbocycles. The van der Waals surface area contributed by atoms with E-state index in [0.717, 1.165) is 22.0 Å². The summed E-state index contributed by atoms with van der Waals surface area (Å²) >= 11 is 0. The van der Waals surface area contributed by atoms with Gasteiger partial charge in [0, 0.05) is 36.9 Å². The molecule has 3 rings (SSSR count). The van der Waals surface area contributed by atoms with Crippen molar-refractivity contribution >= 4 is 40.6 Å². The highest BCUT2D eigenvalue weighted by molar-refractivity contribution is 6.26. The van der Waals surface area contributed by atoms with Gasteiger partial charge in [0.15, 0.2) is 5.78 Å². The molecule has 5 N–H and O–H groups in total. The maximum absolute atomic E-state index is 13.3. The lowest BCUT2D eigenvalue weighted by atomic mass is 10.0. The number of H-pyrrole nitrogens is 1. The van der Waals surface area contributed by atoms with Crippen molar-refractivity contribution in [1.82, 2.24) is 20.9 Å². The number of rotatable bonds is 12. The Kier molecular flexibility index (Phi) is 9.10. The van der Waals surface area contributed by atoms with Crippen molar-refractivity contribution in [3.05, 3.63) is 71.9 Å². The second-order valence-corrected chi connectivity index (χ2v) is 8.67. The van der Waals surface area contributed by atoms with E-state index in [-0.39, 0.29) is 31.2 Å². The van der Waals surface area contributed by atoms with E-state index in [1.165, 1.54) is 6.92 Å². The topological polar surface area (TPSA) is 144 Å². The first kappa shape index (κ1) is 26.3. The summed E-state index contributed by atoms with van der Waals surface area (Å²) in [5.74, 6) is -1.82. The minimum atomic E-state index is -1.02. The lowest BCUT2D eigenvalue weighted by Crippen LogP contribution is -2.54. The maximum Gasteiger partial charge on any atom is 0.243 e. The Hall–Kier alpha value is -4.27. The number of carbonyl (C=O) groups is 4. The summed E-state index contributed by atoms with van der Waals surface area (Å²) in [6.45, 7) is 3.15. The van der Waals surface area contributed by atoms with Crippen LogP contribution in [0.25, 0.3) is 10.9 Å². The van der Waals surface area contributed by atoms with Gasteiger partial charge in [0.05, 0.1) is 12.3 Å². The van der Waals surface area contributed by atoms with Crippen molar-refractivity contribution in [1.29, 1.82) is 5.41 Å². The highest BCUT2D eigenvalue weighted by Crippen LogP contribution is 2.19. The van der Waals surface area contributed by atoms with Crippen LogP contribution in [0.5, 0.6) is 0 Å². The molecule has 0 unspecified atom stereocenters. The molecule has 0 fully saturated rings. The van der Waals surface area contributed by atoms with E-state index in [0.29, 0.717) is 6.21 Å². The van der Waals surface area contributed by atoms with Gasteiger partial charge in [0.25, 0.3) is 0 Å². The predicted octanol–water partition coefficient (Wildman–Crippen LogP) is 2.58. The zero-order valence-electron chi connectivity index (χ0n) is 20.3. The fourth-order valence-corrected chi connectivity index (χ4v) is 4.01. The zero-order chi connectivity index (χ0) is 26.1. The fraction of sp³-hybridized carbons (Fsp3) is 0.296. The van der Waals surface area contributed by atoms with Crippen LogP contribution in [0.2, 0.25) is 0 Å². The Morgan fingerprint density at radius 2 is 1.58 bits per heavy atom. The molecule has 36 heavy (non-hydrogen) atoms. The SMILES string of the molecule is CC(=O)N[C@@H](Cc1c[nH]c2ccccc12)C(=O)N[C@@H](CCC(=O)C=N)C(=O)N[C@@H](C)c1ccccc1. The number of carbonyl (C=O) groups excluding carboxylic acids is 4. The molecule has 0 aliphatic rings. The van der Waals surface area contributed by atoms with Gasteiger partial charge in [-0.2, -0.15) is 0 Å². The largest absolute Gasteiger partial charge is 0.361 e. The van der Waals surface area contributed by atoms with Gasteiger partial charge < -0.3 is 26.3 Å². The Labute approximate surface area is 209 Å². The van der Waals surface area contributed by atoms with Gasteiger partial charge in [-0.3, -0.25) is 19.2 Å². The second kappa shape index (κ2) is 12.4. The van der Waals surface area contributed by atoms with Gasteiger partial charge >= 0.3 is 0 Å². The quantitative estimate of drug-likeness (QED) is 0.249. The first-order valence-electron chi connectivity index (χ1n) is 11.8. The molecule has 2 aromatic carbocycles. The van der Waals surface area contributed by atoms with Crippen LogP contribution >= 0.6 is 0 Å². The van der Waals surface area contributed by atoms with Crippen molar-refractivity contribution in [3.8, 4) is 0 Å². The minimum absolute atomic E-state index is 0.0210. The molecular weight excluding hydrogens is 458 g/mol. The highest BCUT2D eigenvalue weighted by Gasteiger charge is 2.28. The third-order valence-electron chi connectivity index (χ3n) is 5.92. The average molecular weight is 490 g/mol. The first-order valence-corrected chi connectivity index (χ1v) is 11.8. The molecule has 0 aliphatic heterocycles. The molecule has 3 amide bonds. The Bertz CT molecular complexity index is 1240. The summed E-state index contributed by atoms with van der Waals surface area (Å²) in [5, 5.41) is 16.3. The van der Waals surface area contributed by atoms with Crippen LogP contribution in [0.4, 0.5) is 0 Å². The van der Waals surface area contributed by atoms with Crippen LogP contribution < -0.4 is 16.0 Å². The number of amides is 3. The summed E-state index contributed by atoms with van der Waals surface area (Å²) in [5.41, 5.74) is 2.64. The van der Waals surface area contributed by atoms with Crippen LogP contribution in [-0.4, -0.2) is 46.8 Å². The molecule has 0 spiro atoms. The molecule has 3 aromatic rings. The second-order valence-electron chi connectivity index (χ2n) is 8.67. The maximum atomic E-state index is 13.3. The standard InChI is InChI=1S/C27H31N5O4/c1-17(19-8-4-3-5-9-19)30-26(35)24(13-12-21(34)15-28)32-27(36)25(31-18(2)33)14-20-16-29-23-11-7-6-10-22(20)23/h3-11,15-17,24-25,28-29H,12-14H2,1-2H3,(H,30,35)(H,31,33)(H,32,36)/t17-,24-,25-/m0/s1. The molecule has 0 saturated heterocycles. The monoisotopic (exact) mass is 489 g/mol. The third kappa shape index (κ3) is 7.11. The number of fused-ring (bicyclic) bond motifs is 1. The number of para-hydroxylation sites is 1. The van der Waals surface area contributed by atoms with Crippen molar-refractivity contribution in [2.45, 2.75) is 51.2 Å². The summed E-state index contributed by atoms with van der Waals surface area (Å²) in [6, 6.07) is 14.7. The molecule has 9 heteroatoms. The number of ketones is 1. The number of hydrogen-bond acceptors (Lipinski definition) is 5. The van der Waals surface area contributed by atoms with Crippen molar-refractivity contribution < 1.29 is 19.2 Å². The van der Waals surface area contributed by atoms with E-state index in [1.54, 1.807) is 6.20 Å². The van der Waals surface area contributed by atoms with Crippen molar-refractivity contribution in [2.75, 3.05) is 0 Å². The molecule has 188 valence electrons. The summed E-state index contributed by atoms with van der Waals surface area (Å²) in [6.07, 6.45) is 2.65. The molecule has 0 radical (unpaired) electrons. The number of benzene rings is 2. The summed E-state index contributed by atoms with van der Waals surface area (Å²) in [7, 11) is 0. The smallest absolute Gasteiger partial charge is 0.243 e. The van der Waals surface area contributed by atoms with Crippen LogP contribution in [0.3, 0.4) is 0 Å². The van der Waals surface area contributed by atoms with E-state index in [9.17, 15) is 19.2 Å². The molecule has 9 nitrogen and oxygen atoms in total. The van der Waals surface area contributed by atoms with E-state index in [4.69, 9.17) is 5.41 Å². The lowest BCUT2D eigenvalue weighted by Gasteiger charge is -2.24. The van der Waals surface area contributed by atoms with Gasteiger partial charge in [-0.05, 0) is 30.5 Å². The van der Waals surface area contributed by atoms with Crippen LogP contribution in [0.1, 0.15) is 43.9 Å². The average Bonchev–Trinajstić information content (AvgIpc) is 3.28. The van der Waals surface area contributed by atoms with Gasteiger partial charge in [-0.15, -0.1) is 0 Å². The highest BCUT2D eigenvalue weighted by atomic mass is 16.2. The van der Waals surface area contributed by atoms with E-state index in [1.807, 2.05) is 61.5 Å². The van der Waals surface area contributed by atoms with Crippen LogP contribution in [0.15, 0.2) is 60.8 Å². The van der Waals surface area contributed by atoms with Crippen LogP contribution in [0, 0.1) is 5.41 Å². The zero-order valence-corrected chi connectivity index (χ0v) is 20.3. The van der Waals surface area contributed by atoms with E-state index < -0.39 is 29.7 Å². The molecule has 3 atom stereocenters. The first-order chi connectivity index (χ1) is 17.3. The Morgan fingerprint density at radius 1 is 0.917 bits per heavy atom. The summed E-state index contributed by atoms with van der Waals surface area (Å²) in [4.78, 5) is 53.2. The molecule has 0 bridgehead atoms. The number of Topliss-reactive ketones (excluding diaryl/α,β-unsaturated/α-hetero) is 1. The van der Waals surface area contributed by atoms with Gasteiger partial charge in [0.2, 0.25) is 17.7 Å². The normalized spacial score (nSPS) is 13.3. The molecular formula is C27H31N5O4. The number of hydrogen-bond donors (Lipinski definition) is 5. The third-order valence-corrected chi connectivity index (χ3v) is 5.92. The predicted molar refractivity (Wildman–Crippen MR) is 138 cm³/mol. The Balaban J connectivity index is 1.77. The van der Waals surface area contributed by atoms with E-state index in [2.05, 4.69) is 20.9 Å². The molecule has 1 aromatic heterocycles. The van der Waals surface area contributed by atoms with Gasteiger partial charge in [0.1, 0.15) is 12.1 Å². The van der Waals surface area contributed by atoms with Crippen molar-refractivity contribution in [3.63, 3.8) is 0 Å². The Morgan fingerprint density at radius 3 is 2.28 bits per heavy atom.